The molecule has 0 spiro atoms. The monoisotopic (exact) mass is 939 g/mol. The second-order valence-corrected chi connectivity index (χ2v) is 19.5. The summed E-state index contributed by atoms with van der Waals surface area (Å²) >= 11 is 0. The van der Waals surface area contributed by atoms with E-state index in [0.29, 0.717) is 19.3 Å². The first-order valence-electron chi connectivity index (χ1n) is 29.1. The smallest absolute Gasteiger partial charge is 0.306 e. The van der Waals surface area contributed by atoms with E-state index in [4.69, 9.17) is 14.2 Å². The lowest BCUT2D eigenvalue weighted by Crippen LogP contribution is -2.30. The molecule has 0 amide bonds. The first kappa shape index (κ1) is 64.4. The average Bonchev–Trinajstić information content (AvgIpc) is 3.33. The summed E-state index contributed by atoms with van der Waals surface area (Å²) in [4.78, 5) is 38.1. The van der Waals surface area contributed by atoms with Crippen LogP contribution in [0.4, 0.5) is 0 Å². The van der Waals surface area contributed by atoms with Crippen LogP contribution in [0.2, 0.25) is 0 Å². The molecule has 0 rings (SSSR count). The maximum atomic E-state index is 12.8. The van der Waals surface area contributed by atoms with Gasteiger partial charge < -0.3 is 14.2 Å². The van der Waals surface area contributed by atoms with Crippen LogP contribution in [-0.2, 0) is 28.6 Å². The Balaban J connectivity index is 4.33. The van der Waals surface area contributed by atoms with Gasteiger partial charge in [0.1, 0.15) is 13.2 Å². The van der Waals surface area contributed by atoms with E-state index in [0.717, 1.165) is 96.3 Å². The summed E-state index contributed by atoms with van der Waals surface area (Å²) in [5, 5.41) is 0. The Morgan fingerprint density at radius 3 is 0.896 bits per heavy atom. The normalized spacial score (nSPS) is 12.3. The molecule has 0 N–H and O–H groups in total. The predicted molar refractivity (Wildman–Crippen MR) is 289 cm³/mol. The van der Waals surface area contributed by atoms with Crippen LogP contribution in [0.3, 0.4) is 0 Å². The van der Waals surface area contributed by atoms with Crippen LogP contribution in [0.15, 0.2) is 48.6 Å². The average molecular weight is 940 g/mol. The second-order valence-electron chi connectivity index (χ2n) is 19.5. The Bertz CT molecular complexity index is 1170. The van der Waals surface area contributed by atoms with Gasteiger partial charge in [-0.15, -0.1) is 0 Å². The van der Waals surface area contributed by atoms with Crippen molar-refractivity contribution in [1.29, 1.82) is 0 Å². The standard InChI is InChI=1S/C61H110O6/c1-4-7-10-13-16-19-22-25-27-28-29-30-31-32-34-36-39-42-45-48-51-54-60(63)66-57-58(56-65-59(62)53-50-47-44-41-38-35-24-21-18-15-12-9-6-3)67-61(64)55-52-49-46-43-40-37-33-26-23-20-17-14-11-8-5-2/h12,15,21,24,26,28-29,33,58H,4-11,13-14,16-20,22-23,25,27,30-32,34-57H2,1-3H3/b15-12-,24-21-,29-28-,33-26-. The summed E-state index contributed by atoms with van der Waals surface area (Å²) in [7, 11) is 0. The van der Waals surface area contributed by atoms with Crippen LogP contribution in [0, 0.1) is 0 Å². The first-order chi connectivity index (χ1) is 33.0. The first-order valence-corrected chi connectivity index (χ1v) is 29.1. The molecule has 0 bridgehead atoms. The zero-order valence-corrected chi connectivity index (χ0v) is 44.7. The predicted octanol–water partition coefficient (Wildman–Crippen LogP) is 19.4. The van der Waals surface area contributed by atoms with E-state index in [1.807, 2.05) is 0 Å². The molecule has 0 aromatic carbocycles. The third-order valence-electron chi connectivity index (χ3n) is 12.8. The largest absolute Gasteiger partial charge is 0.462 e. The molecule has 0 aliphatic rings. The number of ether oxygens (including phenoxy) is 3. The van der Waals surface area contributed by atoms with E-state index in [9.17, 15) is 14.4 Å². The van der Waals surface area contributed by atoms with Crippen LogP contribution >= 0.6 is 0 Å². The van der Waals surface area contributed by atoms with Gasteiger partial charge in [0.15, 0.2) is 6.10 Å². The number of unbranched alkanes of at least 4 members (excludes halogenated alkanes) is 34. The Hall–Kier alpha value is -2.63. The van der Waals surface area contributed by atoms with E-state index in [-0.39, 0.29) is 31.1 Å². The topological polar surface area (TPSA) is 78.9 Å². The molecule has 6 nitrogen and oxygen atoms in total. The van der Waals surface area contributed by atoms with Gasteiger partial charge in [-0.25, -0.2) is 0 Å². The lowest BCUT2D eigenvalue weighted by molar-refractivity contribution is -0.167. The Labute approximate surface area is 416 Å². The maximum Gasteiger partial charge on any atom is 0.306 e. The van der Waals surface area contributed by atoms with Crippen molar-refractivity contribution in [3.63, 3.8) is 0 Å². The van der Waals surface area contributed by atoms with Gasteiger partial charge in [-0.2, -0.15) is 0 Å². The van der Waals surface area contributed by atoms with Crippen molar-refractivity contribution in [2.45, 2.75) is 309 Å². The Morgan fingerprint density at radius 2 is 0.567 bits per heavy atom. The van der Waals surface area contributed by atoms with Gasteiger partial charge in [0, 0.05) is 19.3 Å². The number of hydrogen-bond donors (Lipinski definition) is 0. The van der Waals surface area contributed by atoms with Crippen molar-refractivity contribution in [1.82, 2.24) is 0 Å². The SMILES string of the molecule is CCC/C=C\C/C=C\CCCCCCCC(=O)OCC(COC(=O)CCCCCCCCCCC/C=C\CCCCCCCCCC)OC(=O)CCCCCCC/C=C\CCCCCCCC. The summed E-state index contributed by atoms with van der Waals surface area (Å²) in [5.74, 6) is -0.894. The van der Waals surface area contributed by atoms with Crippen molar-refractivity contribution in [3.05, 3.63) is 48.6 Å². The molecule has 1 atom stereocenters. The minimum absolute atomic E-state index is 0.0806. The van der Waals surface area contributed by atoms with Gasteiger partial charge in [-0.3, -0.25) is 14.4 Å². The Kier molecular flexibility index (Phi) is 53.8. The number of rotatable bonds is 53. The van der Waals surface area contributed by atoms with E-state index in [1.54, 1.807) is 0 Å². The van der Waals surface area contributed by atoms with Gasteiger partial charge in [-0.05, 0) is 96.3 Å². The highest BCUT2D eigenvalue weighted by Crippen LogP contribution is 2.16. The molecule has 0 aromatic rings. The van der Waals surface area contributed by atoms with E-state index in [1.165, 1.54) is 167 Å². The minimum Gasteiger partial charge on any atom is -0.462 e. The minimum atomic E-state index is -0.783. The summed E-state index contributed by atoms with van der Waals surface area (Å²) in [6.45, 7) is 6.58. The fourth-order valence-electron chi connectivity index (χ4n) is 8.35. The third-order valence-corrected chi connectivity index (χ3v) is 12.8. The van der Waals surface area contributed by atoms with Crippen LogP contribution < -0.4 is 0 Å². The molecular formula is C61H110O6. The Morgan fingerprint density at radius 1 is 0.299 bits per heavy atom. The van der Waals surface area contributed by atoms with E-state index >= 15 is 0 Å². The maximum absolute atomic E-state index is 12.8. The summed E-state index contributed by atoms with van der Waals surface area (Å²) in [6.07, 6.45) is 68.2. The second kappa shape index (κ2) is 56.0. The molecule has 6 heteroatoms. The van der Waals surface area contributed by atoms with Gasteiger partial charge >= 0.3 is 17.9 Å². The van der Waals surface area contributed by atoms with Crippen LogP contribution in [0.1, 0.15) is 303 Å². The van der Waals surface area contributed by atoms with E-state index in [2.05, 4.69) is 69.4 Å². The zero-order chi connectivity index (χ0) is 48.6. The number of esters is 3. The van der Waals surface area contributed by atoms with Crippen LogP contribution in [-0.4, -0.2) is 37.2 Å². The van der Waals surface area contributed by atoms with Gasteiger partial charge in [0.05, 0.1) is 0 Å². The lowest BCUT2D eigenvalue weighted by Gasteiger charge is -2.18. The third kappa shape index (κ3) is 54.2. The highest BCUT2D eigenvalue weighted by Gasteiger charge is 2.19. The number of carbonyl (C=O) groups excluding carboxylic acids is 3. The molecule has 0 radical (unpaired) electrons. The van der Waals surface area contributed by atoms with Crippen molar-refractivity contribution >= 4 is 17.9 Å². The summed E-state index contributed by atoms with van der Waals surface area (Å²) in [6, 6.07) is 0. The number of allylic oxidation sites excluding steroid dienone is 8. The molecule has 0 aromatic heterocycles. The highest BCUT2D eigenvalue weighted by molar-refractivity contribution is 5.71. The van der Waals surface area contributed by atoms with Crippen molar-refractivity contribution in [2.24, 2.45) is 0 Å². The fourth-order valence-corrected chi connectivity index (χ4v) is 8.35. The lowest BCUT2D eigenvalue weighted by atomic mass is 10.1. The van der Waals surface area contributed by atoms with Gasteiger partial charge in [-0.1, -0.05) is 236 Å². The van der Waals surface area contributed by atoms with Crippen LogP contribution in [0.5, 0.6) is 0 Å². The van der Waals surface area contributed by atoms with Crippen molar-refractivity contribution in [3.8, 4) is 0 Å². The van der Waals surface area contributed by atoms with Gasteiger partial charge in [0.25, 0.3) is 0 Å². The number of hydrogen-bond acceptors (Lipinski definition) is 6. The summed E-state index contributed by atoms with van der Waals surface area (Å²) < 4.78 is 16.8. The molecule has 0 saturated heterocycles. The molecule has 0 fully saturated rings. The van der Waals surface area contributed by atoms with Crippen LogP contribution in [0.25, 0.3) is 0 Å². The fraction of sp³-hybridized carbons (Fsp3) is 0.820. The molecule has 67 heavy (non-hydrogen) atoms. The molecule has 1 unspecified atom stereocenters. The molecule has 0 saturated carbocycles. The molecule has 0 heterocycles. The van der Waals surface area contributed by atoms with Crippen molar-refractivity contribution < 1.29 is 28.6 Å². The summed E-state index contributed by atoms with van der Waals surface area (Å²) in [5.41, 5.74) is 0. The zero-order valence-electron chi connectivity index (χ0n) is 44.7. The van der Waals surface area contributed by atoms with Crippen molar-refractivity contribution in [2.75, 3.05) is 13.2 Å². The molecular weight excluding hydrogens is 829 g/mol. The molecule has 390 valence electrons. The highest BCUT2D eigenvalue weighted by atomic mass is 16.6. The molecule has 0 aliphatic heterocycles. The van der Waals surface area contributed by atoms with E-state index < -0.39 is 6.10 Å². The van der Waals surface area contributed by atoms with Gasteiger partial charge in [0.2, 0.25) is 0 Å². The number of carbonyl (C=O) groups is 3. The molecule has 0 aliphatic carbocycles. The quantitative estimate of drug-likeness (QED) is 0.0262.